The van der Waals surface area contributed by atoms with Crippen molar-refractivity contribution in [2.24, 2.45) is 0 Å². The zero-order valence-corrected chi connectivity index (χ0v) is 31.8. The highest BCUT2D eigenvalue weighted by molar-refractivity contribution is 7.99. The number of esters is 2. The van der Waals surface area contributed by atoms with E-state index >= 15 is 0 Å². The second-order valence-electron chi connectivity index (χ2n) is 13.2. The molecule has 7 atom stereocenters. The van der Waals surface area contributed by atoms with Crippen molar-refractivity contribution in [2.75, 3.05) is 23.4 Å². The highest BCUT2D eigenvalue weighted by Gasteiger charge is 2.43. The molecule has 16 nitrogen and oxygen atoms in total. The lowest BCUT2D eigenvalue weighted by atomic mass is 9.99. The molecule has 0 radical (unpaired) electrons. The molecule has 0 spiro atoms. The first kappa shape index (κ1) is 45.3. The molecule has 0 aromatic carbocycles. The molecule has 52 heavy (non-hydrogen) atoms. The van der Waals surface area contributed by atoms with Gasteiger partial charge < -0.3 is 45.3 Å². The van der Waals surface area contributed by atoms with Crippen LogP contribution in [-0.2, 0) is 39.9 Å². The maximum absolute atomic E-state index is 13.5. The van der Waals surface area contributed by atoms with E-state index in [2.05, 4.69) is 41.7 Å². The van der Waals surface area contributed by atoms with Crippen molar-refractivity contribution >= 4 is 41.3 Å². The van der Waals surface area contributed by atoms with Crippen molar-refractivity contribution in [1.82, 2.24) is 20.3 Å². The standard InChI is InChI=1S/C35H61N5O11S/c1-4-7-10-13-16-28(41)36-25(34(47)37-27-20-40(39-38-27)19-26-31(44)32(45)33(46)35(48)51-26)23-52-22-24(50-30(43)18-15-12-9-6-3)21-49-29(42)17-14-11-8-5-2/h20,24-26,31-33,35,44-46,48H,4-19,21-23H2,1-3H3,(H,36,41)(H,37,47). The molecule has 1 aromatic rings. The monoisotopic (exact) mass is 759 g/mol. The molecule has 0 aliphatic carbocycles. The minimum absolute atomic E-state index is 0.0318. The van der Waals surface area contributed by atoms with E-state index in [1.807, 2.05) is 0 Å². The Labute approximate surface area is 311 Å². The lowest BCUT2D eigenvalue weighted by Crippen LogP contribution is -2.58. The fourth-order valence-corrected chi connectivity index (χ4v) is 6.45. The van der Waals surface area contributed by atoms with Gasteiger partial charge in [-0.1, -0.05) is 83.8 Å². The van der Waals surface area contributed by atoms with E-state index in [-0.39, 0.29) is 67.6 Å². The fraction of sp³-hybridized carbons (Fsp3) is 0.829. The topological polar surface area (TPSA) is 232 Å². The number of nitrogens with one attached hydrogen (secondary N) is 2. The Kier molecular flexibility index (Phi) is 22.7. The summed E-state index contributed by atoms with van der Waals surface area (Å²) in [5, 5.41) is 53.0. The Bertz CT molecular complexity index is 1190. The maximum Gasteiger partial charge on any atom is 0.306 e. The third-order valence-corrected chi connectivity index (χ3v) is 9.72. The van der Waals surface area contributed by atoms with E-state index in [1.165, 1.54) is 22.6 Å². The lowest BCUT2D eigenvalue weighted by molar-refractivity contribution is -0.284. The third-order valence-electron chi connectivity index (χ3n) is 8.54. The van der Waals surface area contributed by atoms with Crippen LogP contribution in [0.1, 0.15) is 117 Å². The number of hydrogen-bond donors (Lipinski definition) is 6. The van der Waals surface area contributed by atoms with Gasteiger partial charge in [0, 0.05) is 30.8 Å². The van der Waals surface area contributed by atoms with Crippen LogP contribution >= 0.6 is 11.8 Å². The van der Waals surface area contributed by atoms with Crippen LogP contribution in [0, 0.1) is 0 Å². The van der Waals surface area contributed by atoms with Gasteiger partial charge >= 0.3 is 11.9 Å². The number of hydrogen-bond acceptors (Lipinski definition) is 14. The molecule has 0 saturated carbocycles. The number of carbonyl (C=O) groups is 4. The van der Waals surface area contributed by atoms with Crippen LogP contribution in [0.15, 0.2) is 6.20 Å². The van der Waals surface area contributed by atoms with E-state index in [1.54, 1.807) is 0 Å². The van der Waals surface area contributed by atoms with E-state index in [0.717, 1.165) is 64.2 Å². The van der Waals surface area contributed by atoms with E-state index in [0.29, 0.717) is 12.8 Å². The highest BCUT2D eigenvalue weighted by Crippen LogP contribution is 2.21. The van der Waals surface area contributed by atoms with Gasteiger partial charge in [0.05, 0.1) is 12.7 Å². The summed E-state index contributed by atoms with van der Waals surface area (Å²) in [5.74, 6) is -1.26. The summed E-state index contributed by atoms with van der Waals surface area (Å²) >= 11 is 1.26. The second-order valence-corrected chi connectivity index (χ2v) is 14.3. The normalized spacial score (nSPS) is 21.2. The molecule has 1 fully saturated rings. The number of unbranched alkanes of at least 4 members (excludes halogenated alkanes) is 9. The van der Waals surface area contributed by atoms with Crippen LogP contribution < -0.4 is 10.6 Å². The molecule has 1 saturated heterocycles. The van der Waals surface area contributed by atoms with Gasteiger partial charge in [0.1, 0.15) is 43.2 Å². The van der Waals surface area contributed by atoms with E-state index in [4.69, 9.17) is 14.2 Å². The predicted molar refractivity (Wildman–Crippen MR) is 194 cm³/mol. The number of thioether (sulfide) groups is 1. The van der Waals surface area contributed by atoms with Gasteiger partial charge in [-0.15, -0.1) is 5.10 Å². The molecule has 7 unspecified atom stereocenters. The number of nitrogens with zero attached hydrogens (tertiary/aromatic N) is 3. The van der Waals surface area contributed by atoms with Crippen molar-refractivity contribution in [1.29, 1.82) is 0 Å². The Morgan fingerprint density at radius 3 is 2.08 bits per heavy atom. The summed E-state index contributed by atoms with van der Waals surface area (Å²) in [4.78, 5) is 51.3. The van der Waals surface area contributed by atoms with Gasteiger partial charge in [-0.25, -0.2) is 4.68 Å². The van der Waals surface area contributed by atoms with Crippen molar-refractivity contribution in [3.8, 4) is 0 Å². The smallest absolute Gasteiger partial charge is 0.306 e. The second kappa shape index (κ2) is 26.0. The largest absolute Gasteiger partial charge is 0.462 e. The zero-order valence-electron chi connectivity index (χ0n) is 31.0. The lowest BCUT2D eigenvalue weighted by Gasteiger charge is -2.38. The molecule has 2 heterocycles. The Morgan fingerprint density at radius 2 is 1.44 bits per heavy atom. The van der Waals surface area contributed by atoms with Gasteiger partial charge in [0.15, 0.2) is 12.1 Å². The third kappa shape index (κ3) is 17.8. The summed E-state index contributed by atoms with van der Waals surface area (Å²) in [6, 6.07) is -1.00. The van der Waals surface area contributed by atoms with Crippen molar-refractivity contribution in [2.45, 2.75) is 166 Å². The number of aromatic nitrogens is 3. The Morgan fingerprint density at radius 1 is 0.827 bits per heavy atom. The minimum Gasteiger partial charge on any atom is -0.462 e. The fourth-order valence-electron chi connectivity index (χ4n) is 5.41. The predicted octanol–water partition coefficient (Wildman–Crippen LogP) is 2.60. The molecular weight excluding hydrogens is 698 g/mol. The van der Waals surface area contributed by atoms with Crippen LogP contribution in [0.5, 0.6) is 0 Å². The average molecular weight is 760 g/mol. The highest BCUT2D eigenvalue weighted by atomic mass is 32.2. The molecule has 17 heteroatoms. The van der Waals surface area contributed by atoms with Gasteiger partial charge in [-0.2, -0.15) is 11.8 Å². The molecule has 1 aromatic heterocycles. The molecule has 6 N–H and O–H groups in total. The quantitative estimate of drug-likeness (QED) is 0.0560. The number of carbonyl (C=O) groups excluding carboxylic acids is 4. The number of aliphatic hydroxyl groups excluding tert-OH is 4. The van der Waals surface area contributed by atoms with Crippen LogP contribution in [-0.4, -0.2) is 120 Å². The van der Waals surface area contributed by atoms with E-state index < -0.39 is 48.8 Å². The number of amides is 2. The van der Waals surface area contributed by atoms with E-state index in [9.17, 15) is 39.6 Å². The molecule has 1 aliphatic heterocycles. The molecule has 1 aliphatic rings. The van der Waals surface area contributed by atoms with Gasteiger partial charge in [0.25, 0.3) is 0 Å². The number of aliphatic hydroxyl groups is 4. The summed E-state index contributed by atoms with van der Waals surface area (Å²) in [6.07, 6.45) is 4.64. The van der Waals surface area contributed by atoms with Crippen LogP contribution in [0.25, 0.3) is 0 Å². The Hall–Kier alpha value is -2.83. The first-order chi connectivity index (χ1) is 25.0. The zero-order chi connectivity index (χ0) is 38.3. The molecular formula is C35H61N5O11S. The first-order valence-corrected chi connectivity index (χ1v) is 19.9. The maximum atomic E-state index is 13.5. The summed E-state index contributed by atoms with van der Waals surface area (Å²) < 4.78 is 17.6. The Balaban J connectivity index is 2.06. The summed E-state index contributed by atoms with van der Waals surface area (Å²) in [5.41, 5.74) is 0. The van der Waals surface area contributed by atoms with Crippen LogP contribution in [0.2, 0.25) is 0 Å². The van der Waals surface area contributed by atoms with Crippen LogP contribution in [0.3, 0.4) is 0 Å². The van der Waals surface area contributed by atoms with Gasteiger partial charge in [0.2, 0.25) is 11.8 Å². The van der Waals surface area contributed by atoms with Gasteiger partial charge in [-0.3, -0.25) is 19.2 Å². The molecule has 298 valence electrons. The number of ether oxygens (including phenoxy) is 3. The van der Waals surface area contributed by atoms with Crippen molar-refractivity contribution < 1.29 is 53.8 Å². The van der Waals surface area contributed by atoms with Crippen molar-refractivity contribution in [3.05, 3.63) is 6.20 Å². The first-order valence-electron chi connectivity index (χ1n) is 18.8. The minimum atomic E-state index is -1.72. The number of rotatable bonds is 27. The molecule has 2 rings (SSSR count). The number of anilines is 1. The summed E-state index contributed by atoms with van der Waals surface area (Å²) in [6.45, 7) is 5.96. The molecule has 2 amide bonds. The van der Waals surface area contributed by atoms with Crippen molar-refractivity contribution in [3.63, 3.8) is 0 Å². The SMILES string of the molecule is CCCCCCC(=O)NC(CSCC(COC(=O)CCCCCC)OC(=O)CCCCCC)C(=O)Nc1cn(CC2OC(O)C(O)C(O)C2O)nn1. The van der Waals surface area contributed by atoms with Gasteiger partial charge in [-0.05, 0) is 19.3 Å². The van der Waals surface area contributed by atoms with Crippen LogP contribution in [0.4, 0.5) is 5.82 Å². The average Bonchev–Trinajstić information content (AvgIpc) is 3.56. The summed E-state index contributed by atoms with van der Waals surface area (Å²) in [7, 11) is 0. The molecule has 0 bridgehead atoms.